The molecule has 2 nitrogen and oxygen atoms in total. The van der Waals surface area contributed by atoms with Gasteiger partial charge in [0, 0.05) is 35.8 Å². The Morgan fingerprint density at radius 2 is 1.04 bits per heavy atom. The van der Waals surface area contributed by atoms with Crippen molar-refractivity contribution in [1.29, 1.82) is 0 Å². The van der Waals surface area contributed by atoms with Gasteiger partial charge in [-0.2, -0.15) is 0 Å². The first-order valence-corrected chi connectivity index (χ1v) is 9.19. The van der Waals surface area contributed by atoms with Gasteiger partial charge in [0.25, 0.3) is 0 Å². The van der Waals surface area contributed by atoms with E-state index in [-0.39, 0.29) is 23.4 Å². The van der Waals surface area contributed by atoms with Crippen molar-refractivity contribution in [3.63, 3.8) is 0 Å². The summed E-state index contributed by atoms with van der Waals surface area (Å²) >= 11 is 0. The molecule has 2 aromatic carbocycles. The molecule has 0 saturated heterocycles. The Morgan fingerprint density at radius 3 is 1.41 bits per heavy atom. The van der Waals surface area contributed by atoms with Crippen LogP contribution in [0, 0.1) is 35.5 Å². The lowest BCUT2D eigenvalue weighted by Crippen LogP contribution is -2.10. The first-order valence-electron chi connectivity index (χ1n) is 9.19. The molecule has 0 fully saturated rings. The van der Waals surface area contributed by atoms with Crippen molar-refractivity contribution in [2.75, 3.05) is 0 Å². The minimum absolute atomic E-state index is 0.115. The first-order chi connectivity index (χ1) is 13.1. The van der Waals surface area contributed by atoms with Crippen molar-refractivity contribution in [3.8, 4) is 23.7 Å². The lowest BCUT2D eigenvalue weighted by Gasteiger charge is -2.06. The number of rotatable bonds is 6. The molecule has 2 unspecified atom stereocenters. The zero-order valence-electron chi connectivity index (χ0n) is 15.9. The number of carbonyl (C=O) groups excluding carboxylic acids is 2. The topological polar surface area (TPSA) is 34.1 Å². The van der Waals surface area contributed by atoms with Crippen LogP contribution in [0.15, 0.2) is 60.7 Å². The summed E-state index contributed by atoms with van der Waals surface area (Å²) in [6.07, 6.45) is 1.51. The third kappa shape index (κ3) is 6.61. The number of hydrogen-bond donors (Lipinski definition) is 0. The molecule has 0 N–H and O–H groups in total. The van der Waals surface area contributed by atoms with Crippen LogP contribution in [0.2, 0.25) is 0 Å². The molecule has 2 aromatic rings. The molecule has 0 aliphatic carbocycles. The van der Waals surface area contributed by atoms with Crippen molar-refractivity contribution >= 4 is 11.6 Å². The molecule has 2 heteroatoms. The lowest BCUT2D eigenvalue weighted by molar-refractivity contribution is 0.0925. The fourth-order valence-corrected chi connectivity index (χ4v) is 2.58. The Labute approximate surface area is 162 Å². The number of Topliss-reactive ketones (excluding diaryl/α,β-unsaturated/α-hetero) is 2. The highest BCUT2D eigenvalue weighted by atomic mass is 16.1. The molecule has 2 atom stereocenters. The van der Waals surface area contributed by atoms with Crippen LogP contribution in [-0.2, 0) is 0 Å². The smallest absolute Gasteiger partial charge is 0.166 e. The average Bonchev–Trinajstić information content (AvgIpc) is 2.72. The Kier molecular flexibility index (Phi) is 8.08. The Bertz CT molecular complexity index is 798. The highest BCUT2D eigenvalue weighted by Gasteiger charge is 2.14. The maximum absolute atomic E-state index is 12.2. The van der Waals surface area contributed by atoms with E-state index >= 15 is 0 Å². The fraction of sp³-hybridized carbons (Fsp3) is 0.280. The fourth-order valence-electron chi connectivity index (χ4n) is 2.58. The second-order valence-corrected chi connectivity index (χ2v) is 6.55. The van der Waals surface area contributed by atoms with Gasteiger partial charge in [-0.05, 0) is 0 Å². The second kappa shape index (κ2) is 10.8. The van der Waals surface area contributed by atoms with Gasteiger partial charge >= 0.3 is 0 Å². The van der Waals surface area contributed by atoms with Gasteiger partial charge < -0.3 is 0 Å². The minimum atomic E-state index is -0.128. The zero-order valence-corrected chi connectivity index (χ0v) is 15.9. The van der Waals surface area contributed by atoms with Crippen molar-refractivity contribution in [1.82, 2.24) is 0 Å². The standard InChI is InChI=1S/C25H24O2/c1-20(24(26)22-16-10-6-11-17-22)14-8-4-3-5-9-15-21(2)25(27)23-18-12-7-13-19-23/h6-7,10-13,16-21H,3,14-15H2,1-2H3. The third-order valence-corrected chi connectivity index (χ3v) is 4.26. The van der Waals surface area contributed by atoms with Gasteiger partial charge in [0.15, 0.2) is 11.6 Å². The quantitative estimate of drug-likeness (QED) is 0.526. The normalized spacial score (nSPS) is 11.9. The van der Waals surface area contributed by atoms with Crippen LogP contribution in [0.1, 0.15) is 53.8 Å². The highest BCUT2D eigenvalue weighted by molar-refractivity contribution is 5.98. The van der Waals surface area contributed by atoms with Crippen molar-refractivity contribution < 1.29 is 9.59 Å². The predicted octanol–water partition coefficient (Wildman–Crippen LogP) is 5.20. The maximum Gasteiger partial charge on any atom is 0.166 e. The van der Waals surface area contributed by atoms with Crippen LogP contribution in [-0.4, -0.2) is 11.6 Å². The van der Waals surface area contributed by atoms with Gasteiger partial charge in [-0.25, -0.2) is 0 Å². The van der Waals surface area contributed by atoms with E-state index in [1.54, 1.807) is 0 Å². The van der Waals surface area contributed by atoms with Gasteiger partial charge in [-0.15, -0.1) is 11.8 Å². The van der Waals surface area contributed by atoms with Crippen molar-refractivity contribution in [2.24, 2.45) is 11.8 Å². The van der Waals surface area contributed by atoms with E-state index in [1.165, 1.54) is 0 Å². The molecule has 0 saturated carbocycles. The molecule has 136 valence electrons. The van der Waals surface area contributed by atoms with E-state index in [1.807, 2.05) is 74.5 Å². The van der Waals surface area contributed by atoms with Crippen molar-refractivity contribution in [2.45, 2.75) is 33.1 Å². The molecule has 0 bridgehead atoms. The van der Waals surface area contributed by atoms with E-state index in [2.05, 4.69) is 23.7 Å². The van der Waals surface area contributed by atoms with E-state index in [4.69, 9.17) is 0 Å². The monoisotopic (exact) mass is 356 g/mol. The van der Waals surface area contributed by atoms with Gasteiger partial charge in [-0.1, -0.05) is 86.4 Å². The second-order valence-electron chi connectivity index (χ2n) is 6.55. The van der Waals surface area contributed by atoms with Crippen molar-refractivity contribution in [3.05, 3.63) is 71.8 Å². The van der Waals surface area contributed by atoms with E-state index in [9.17, 15) is 9.59 Å². The van der Waals surface area contributed by atoms with Gasteiger partial charge in [0.1, 0.15) is 0 Å². The van der Waals surface area contributed by atoms with Crippen LogP contribution in [0.3, 0.4) is 0 Å². The average molecular weight is 356 g/mol. The largest absolute Gasteiger partial charge is 0.294 e. The summed E-state index contributed by atoms with van der Waals surface area (Å²) in [5.41, 5.74) is 1.45. The molecule has 0 radical (unpaired) electrons. The Balaban J connectivity index is 1.74. The van der Waals surface area contributed by atoms with E-state index < -0.39 is 0 Å². The van der Waals surface area contributed by atoms with Crippen LogP contribution in [0.25, 0.3) is 0 Å². The van der Waals surface area contributed by atoms with Gasteiger partial charge in [0.2, 0.25) is 0 Å². The molecule has 0 amide bonds. The summed E-state index contributed by atoms with van der Waals surface area (Å²) in [7, 11) is 0. The zero-order chi connectivity index (χ0) is 19.5. The molecule has 0 aliphatic rings. The summed E-state index contributed by atoms with van der Waals surface area (Å²) in [4.78, 5) is 24.5. The van der Waals surface area contributed by atoms with Gasteiger partial charge in [0.05, 0.1) is 6.42 Å². The van der Waals surface area contributed by atoms with Crippen LogP contribution in [0.4, 0.5) is 0 Å². The molecule has 27 heavy (non-hydrogen) atoms. The lowest BCUT2D eigenvalue weighted by atomic mass is 9.96. The predicted molar refractivity (Wildman–Crippen MR) is 109 cm³/mol. The molecular weight excluding hydrogens is 332 g/mol. The number of hydrogen-bond acceptors (Lipinski definition) is 2. The van der Waals surface area contributed by atoms with E-state index in [0.29, 0.717) is 19.3 Å². The van der Waals surface area contributed by atoms with Gasteiger partial charge in [-0.3, -0.25) is 9.59 Å². The molecule has 0 spiro atoms. The Hall–Kier alpha value is -3.10. The van der Waals surface area contributed by atoms with E-state index in [0.717, 1.165) is 11.1 Å². The summed E-state index contributed by atoms with van der Waals surface area (Å²) < 4.78 is 0. The Morgan fingerprint density at radius 1 is 0.667 bits per heavy atom. The summed E-state index contributed by atoms with van der Waals surface area (Å²) in [5, 5.41) is 0. The highest BCUT2D eigenvalue weighted by Crippen LogP contribution is 2.12. The molecule has 0 aromatic heterocycles. The molecule has 0 aliphatic heterocycles. The SMILES string of the molecule is CC(CC#CCC#CCC(C)C(=O)c1ccccc1)C(=O)c1ccccc1. The summed E-state index contributed by atoms with van der Waals surface area (Å²) in [5.74, 6) is 12.0. The number of benzene rings is 2. The van der Waals surface area contributed by atoms with Crippen LogP contribution >= 0.6 is 0 Å². The van der Waals surface area contributed by atoms with Crippen LogP contribution in [0.5, 0.6) is 0 Å². The molecule has 2 rings (SSSR count). The minimum Gasteiger partial charge on any atom is -0.294 e. The number of ketones is 2. The first kappa shape index (κ1) is 20.2. The molecular formula is C25H24O2. The van der Waals surface area contributed by atoms with Crippen LogP contribution < -0.4 is 0 Å². The summed E-state index contributed by atoms with van der Waals surface area (Å²) in [6.45, 7) is 3.79. The third-order valence-electron chi connectivity index (χ3n) is 4.26. The summed E-state index contributed by atoms with van der Waals surface area (Å²) in [6, 6.07) is 18.6. The molecule has 0 heterocycles. The maximum atomic E-state index is 12.2. The number of carbonyl (C=O) groups is 2.